The lowest BCUT2D eigenvalue weighted by atomic mass is 9.96. The van der Waals surface area contributed by atoms with Crippen LogP contribution in [0.5, 0.6) is 0 Å². The van der Waals surface area contributed by atoms with Crippen LogP contribution in [0.1, 0.15) is 38.2 Å². The quantitative estimate of drug-likeness (QED) is 0.448. The number of nitriles is 1. The first kappa shape index (κ1) is 21.7. The van der Waals surface area contributed by atoms with Crippen LogP contribution in [0.25, 0.3) is 33.5 Å². The molecule has 4 heterocycles. The molecule has 4 aromatic heterocycles. The number of nitrogens with zero attached hydrogens (tertiary/aromatic N) is 4. The summed E-state index contributed by atoms with van der Waals surface area (Å²) in [5.41, 5.74) is 3.74. The molecule has 8 nitrogen and oxygen atoms in total. The van der Waals surface area contributed by atoms with Gasteiger partial charge in [0.2, 0.25) is 0 Å². The molecule has 3 N–H and O–H groups in total. The van der Waals surface area contributed by atoms with Crippen molar-refractivity contribution in [2.45, 2.75) is 27.7 Å². The maximum atomic E-state index is 12.4. The van der Waals surface area contributed by atoms with Crippen LogP contribution in [0.4, 0.5) is 0 Å². The monoisotopic (exact) mass is 415 g/mol. The van der Waals surface area contributed by atoms with Crippen molar-refractivity contribution in [1.82, 2.24) is 30.5 Å². The Morgan fingerprint density at radius 2 is 2.00 bits per heavy atom. The average Bonchev–Trinajstić information content (AvgIpc) is 3.48. The van der Waals surface area contributed by atoms with Crippen LogP contribution in [0, 0.1) is 16.7 Å². The van der Waals surface area contributed by atoms with Gasteiger partial charge in [0, 0.05) is 35.5 Å². The highest BCUT2D eigenvalue weighted by Crippen LogP contribution is 2.26. The molecule has 0 atom stereocenters. The van der Waals surface area contributed by atoms with E-state index in [0.717, 1.165) is 27.9 Å². The number of amides is 1. The number of hydrogen-bond acceptors (Lipinski definition) is 5. The van der Waals surface area contributed by atoms with Gasteiger partial charge in [0.1, 0.15) is 11.3 Å². The van der Waals surface area contributed by atoms with E-state index < -0.39 is 5.41 Å². The Hall–Kier alpha value is -3.99. The number of H-pyrrole nitrogens is 2. The van der Waals surface area contributed by atoms with Gasteiger partial charge in [0.25, 0.3) is 5.91 Å². The Bertz CT molecular complexity index is 1220. The lowest BCUT2D eigenvalue weighted by molar-refractivity contribution is 0.0939. The maximum absolute atomic E-state index is 12.4. The molecule has 0 aromatic carbocycles. The van der Waals surface area contributed by atoms with E-state index in [9.17, 15) is 4.79 Å². The van der Waals surface area contributed by atoms with Gasteiger partial charge in [0.15, 0.2) is 0 Å². The van der Waals surface area contributed by atoms with E-state index in [-0.39, 0.29) is 12.5 Å². The maximum Gasteiger partial charge on any atom is 0.269 e. The molecule has 4 rings (SSSR count). The van der Waals surface area contributed by atoms with Gasteiger partial charge in [-0.3, -0.25) is 9.89 Å². The molecule has 158 valence electrons. The lowest BCUT2D eigenvalue weighted by Crippen LogP contribution is -2.33. The second-order valence-corrected chi connectivity index (χ2v) is 7.42. The van der Waals surface area contributed by atoms with Crippen molar-refractivity contribution in [3.05, 3.63) is 54.6 Å². The van der Waals surface area contributed by atoms with Gasteiger partial charge in [-0.1, -0.05) is 19.9 Å². The largest absolute Gasteiger partial charge is 0.349 e. The summed E-state index contributed by atoms with van der Waals surface area (Å²) < 4.78 is 0. The Morgan fingerprint density at radius 3 is 2.71 bits per heavy atom. The molecule has 0 saturated carbocycles. The number of carbonyl (C=O) groups is 1. The van der Waals surface area contributed by atoms with Gasteiger partial charge in [0.05, 0.1) is 29.1 Å². The summed E-state index contributed by atoms with van der Waals surface area (Å²) in [6.07, 6.45) is 5.27. The lowest BCUT2D eigenvalue weighted by Gasteiger charge is -2.15. The zero-order valence-electron chi connectivity index (χ0n) is 18.0. The van der Waals surface area contributed by atoms with Gasteiger partial charge in [-0.2, -0.15) is 10.4 Å². The summed E-state index contributed by atoms with van der Waals surface area (Å²) in [7, 11) is 0. The highest BCUT2D eigenvalue weighted by Gasteiger charge is 2.19. The average molecular weight is 416 g/mol. The van der Waals surface area contributed by atoms with Crippen LogP contribution in [0.3, 0.4) is 0 Å². The van der Waals surface area contributed by atoms with Gasteiger partial charge in [-0.05, 0) is 38.1 Å². The first-order valence-electron chi connectivity index (χ1n) is 10.1. The Balaban J connectivity index is 0.00000132. The molecule has 1 amide bonds. The van der Waals surface area contributed by atoms with Gasteiger partial charge in [-0.15, -0.1) is 0 Å². The Morgan fingerprint density at radius 1 is 1.19 bits per heavy atom. The number of aromatic amines is 2. The fraction of sp³-hybridized carbons (Fsp3) is 0.261. The second-order valence-electron chi connectivity index (χ2n) is 7.42. The van der Waals surface area contributed by atoms with E-state index in [4.69, 9.17) is 5.26 Å². The van der Waals surface area contributed by atoms with Crippen molar-refractivity contribution in [3.63, 3.8) is 0 Å². The molecule has 0 spiro atoms. The van der Waals surface area contributed by atoms with E-state index in [1.165, 1.54) is 0 Å². The summed E-state index contributed by atoms with van der Waals surface area (Å²) in [6, 6.07) is 11.4. The predicted octanol–water partition coefficient (Wildman–Crippen LogP) is 4.32. The topological polar surface area (TPSA) is 123 Å². The van der Waals surface area contributed by atoms with Crippen molar-refractivity contribution in [3.8, 4) is 28.6 Å². The van der Waals surface area contributed by atoms with Crippen molar-refractivity contribution in [2.75, 3.05) is 6.54 Å². The minimum absolute atomic E-state index is 0.252. The van der Waals surface area contributed by atoms with Crippen LogP contribution in [0.15, 0.2) is 48.9 Å². The Labute approximate surface area is 180 Å². The second kappa shape index (κ2) is 9.22. The molecule has 4 aromatic rings. The fourth-order valence-electron chi connectivity index (χ4n) is 2.86. The number of hydrogen-bond donors (Lipinski definition) is 3. The van der Waals surface area contributed by atoms with Crippen molar-refractivity contribution in [2.24, 2.45) is 5.41 Å². The standard InChI is InChI=1S/C21H19N7O.C2H6/c1-21(2,11-22)12-24-20(29)17-5-3-4-16(27-17)14-6-13-7-18(15-9-25-26-10-15)28-19(13)23-8-14;1-2/h3-10H,12H2,1-2H3,(H,23,28)(H,24,29)(H,25,26);1-2H3. The van der Waals surface area contributed by atoms with Crippen molar-refractivity contribution < 1.29 is 4.79 Å². The SMILES string of the molecule is CC.CC(C)(C#N)CNC(=O)c1cccc(-c2cnc3[nH]c(-c4cn[nH]c4)cc3c2)n1. The number of aromatic nitrogens is 5. The van der Waals surface area contributed by atoms with Crippen LogP contribution < -0.4 is 5.32 Å². The summed E-state index contributed by atoms with van der Waals surface area (Å²) in [5.74, 6) is -0.312. The van der Waals surface area contributed by atoms with Crippen LogP contribution >= 0.6 is 0 Å². The number of fused-ring (bicyclic) bond motifs is 1. The smallest absolute Gasteiger partial charge is 0.269 e. The third-order valence-electron chi connectivity index (χ3n) is 4.55. The van der Waals surface area contributed by atoms with E-state index in [1.54, 1.807) is 38.4 Å². The third kappa shape index (κ3) is 4.95. The minimum atomic E-state index is -0.636. The van der Waals surface area contributed by atoms with Gasteiger partial charge in [-0.25, -0.2) is 9.97 Å². The summed E-state index contributed by atoms with van der Waals surface area (Å²) in [6.45, 7) is 7.79. The number of rotatable bonds is 5. The minimum Gasteiger partial charge on any atom is -0.349 e. The summed E-state index contributed by atoms with van der Waals surface area (Å²) >= 11 is 0. The van der Waals surface area contributed by atoms with E-state index in [2.05, 4.69) is 36.5 Å². The van der Waals surface area contributed by atoms with E-state index in [0.29, 0.717) is 11.4 Å². The molecule has 0 aliphatic carbocycles. The molecule has 0 aliphatic heterocycles. The molecule has 0 unspecified atom stereocenters. The highest BCUT2D eigenvalue weighted by atomic mass is 16.1. The van der Waals surface area contributed by atoms with Crippen LogP contribution in [0.2, 0.25) is 0 Å². The normalized spacial score (nSPS) is 10.8. The van der Waals surface area contributed by atoms with E-state index >= 15 is 0 Å². The number of nitrogens with one attached hydrogen (secondary N) is 3. The Kier molecular flexibility index (Phi) is 6.46. The van der Waals surface area contributed by atoms with E-state index in [1.807, 2.05) is 38.2 Å². The van der Waals surface area contributed by atoms with Crippen molar-refractivity contribution >= 4 is 16.9 Å². The number of carbonyl (C=O) groups excluding carboxylic acids is 1. The summed E-state index contributed by atoms with van der Waals surface area (Å²) in [4.78, 5) is 24.6. The van der Waals surface area contributed by atoms with Gasteiger partial charge < -0.3 is 10.3 Å². The third-order valence-corrected chi connectivity index (χ3v) is 4.55. The molecule has 0 fully saturated rings. The van der Waals surface area contributed by atoms with Crippen molar-refractivity contribution in [1.29, 1.82) is 5.26 Å². The molecule has 0 radical (unpaired) electrons. The van der Waals surface area contributed by atoms with Crippen LogP contribution in [-0.4, -0.2) is 37.6 Å². The molecule has 0 bridgehead atoms. The zero-order valence-corrected chi connectivity index (χ0v) is 18.0. The highest BCUT2D eigenvalue weighted by molar-refractivity contribution is 5.93. The predicted molar refractivity (Wildman–Crippen MR) is 120 cm³/mol. The first-order chi connectivity index (χ1) is 14.9. The first-order valence-corrected chi connectivity index (χ1v) is 10.1. The molecule has 8 heteroatoms. The molecule has 31 heavy (non-hydrogen) atoms. The van der Waals surface area contributed by atoms with Crippen LogP contribution in [-0.2, 0) is 0 Å². The molecule has 0 saturated heterocycles. The number of pyridine rings is 2. The fourth-order valence-corrected chi connectivity index (χ4v) is 2.86. The van der Waals surface area contributed by atoms with Gasteiger partial charge >= 0.3 is 0 Å². The molecular weight excluding hydrogens is 390 g/mol. The molecule has 0 aliphatic rings. The molecular formula is C23H25N7O. The summed E-state index contributed by atoms with van der Waals surface area (Å²) in [5, 5.41) is 19.5. The zero-order chi connectivity index (χ0) is 22.4.